The van der Waals surface area contributed by atoms with Crippen molar-refractivity contribution >= 4 is 11.5 Å². The number of aromatic nitrogens is 2. The zero-order valence-electron chi connectivity index (χ0n) is 8.57. The Bertz CT molecular complexity index is 627. The van der Waals surface area contributed by atoms with Crippen LogP contribution in [0.4, 0.5) is 15.9 Å². The van der Waals surface area contributed by atoms with Gasteiger partial charge in [-0.2, -0.15) is 10.2 Å². The molecule has 0 aliphatic carbocycles. The van der Waals surface area contributed by atoms with Crippen LogP contribution in [0.2, 0.25) is 0 Å². The van der Waals surface area contributed by atoms with Gasteiger partial charge < -0.3 is 5.32 Å². The van der Waals surface area contributed by atoms with E-state index >= 15 is 0 Å². The van der Waals surface area contributed by atoms with Gasteiger partial charge in [-0.15, -0.1) is 0 Å². The number of hydrogen-bond donors (Lipinski definition) is 2. The summed E-state index contributed by atoms with van der Waals surface area (Å²) in [6, 6.07) is 8.77. The Balaban J connectivity index is 2.30. The van der Waals surface area contributed by atoms with Gasteiger partial charge >= 0.3 is 5.69 Å². The van der Waals surface area contributed by atoms with Crippen molar-refractivity contribution in [3.63, 3.8) is 0 Å². The van der Waals surface area contributed by atoms with Crippen molar-refractivity contribution in [2.24, 2.45) is 0 Å². The lowest BCUT2D eigenvalue weighted by Crippen LogP contribution is -2.13. The van der Waals surface area contributed by atoms with Gasteiger partial charge in [-0.25, -0.2) is 9.18 Å². The molecule has 0 aliphatic rings. The molecule has 1 aromatic heterocycles. The minimum Gasteiger partial charge on any atom is -0.340 e. The van der Waals surface area contributed by atoms with Gasteiger partial charge in [0.15, 0.2) is 0 Å². The zero-order valence-corrected chi connectivity index (χ0v) is 8.57. The predicted octanol–water partition coefficient (Wildman–Crippen LogP) is 1.52. The first-order valence-electron chi connectivity index (χ1n) is 4.71. The summed E-state index contributed by atoms with van der Waals surface area (Å²) >= 11 is 0. The third-order valence-electron chi connectivity index (χ3n) is 1.98. The maximum absolute atomic E-state index is 12.7. The van der Waals surface area contributed by atoms with Crippen LogP contribution < -0.4 is 11.0 Å². The lowest BCUT2D eigenvalue weighted by Gasteiger charge is -2.04. The smallest absolute Gasteiger partial charge is 0.340 e. The molecule has 0 unspecified atom stereocenters. The zero-order chi connectivity index (χ0) is 12.3. The largest absolute Gasteiger partial charge is 0.347 e. The van der Waals surface area contributed by atoms with E-state index in [0.717, 1.165) is 0 Å². The number of nitriles is 1. The maximum Gasteiger partial charge on any atom is 0.347 e. The molecule has 0 spiro atoms. The van der Waals surface area contributed by atoms with Crippen molar-refractivity contribution in [3.8, 4) is 6.07 Å². The van der Waals surface area contributed by atoms with E-state index < -0.39 is 5.69 Å². The number of anilines is 2. The molecule has 0 bridgehead atoms. The highest BCUT2D eigenvalue weighted by Crippen LogP contribution is 2.13. The number of aromatic amines is 1. The lowest BCUT2D eigenvalue weighted by atomic mass is 10.3. The first-order valence-corrected chi connectivity index (χ1v) is 4.71. The molecule has 0 fully saturated rings. The molecule has 2 rings (SSSR count). The Morgan fingerprint density at radius 3 is 2.71 bits per heavy atom. The topological polar surface area (TPSA) is 81.6 Å². The number of hydrogen-bond acceptors (Lipinski definition) is 4. The normalized spacial score (nSPS) is 9.65. The minimum atomic E-state index is -0.617. The molecule has 0 atom stereocenters. The van der Waals surface area contributed by atoms with Crippen LogP contribution >= 0.6 is 0 Å². The van der Waals surface area contributed by atoms with Gasteiger partial charge in [0.05, 0.1) is 0 Å². The Hall–Kier alpha value is -2.68. The van der Waals surface area contributed by atoms with Crippen molar-refractivity contribution in [2.75, 3.05) is 5.32 Å². The van der Waals surface area contributed by atoms with Crippen LogP contribution in [-0.4, -0.2) is 9.97 Å². The van der Waals surface area contributed by atoms with Crippen LogP contribution in [0.15, 0.2) is 35.1 Å². The first kappa shape index (κ1) is 10.8. The van der Waals surface area contributed by atoms with E-state index in [4.69, 9.17) is 5.26 Å². The van der Waals surface area contributed by atoms with Crippen LogP contribution in [0.25, 0.3) is 0 Å². The Morgan fingerprint density at radius 2 is 2.06 bits per heavy atom. The fraction of sp³-hybridized carbons (Fsp3) is 0. The van der Waals surface area contributed by atoms with E-state index in [2.05, 4.69) is 15.3 Å². The van der Waals surface area contributed by atoms with E-state index in [1.807, 2.05) is 6.07 Å². The number of benzene rings is 1. The molecule has 84 valence electrons. The average molecular weight is 230 g/mol. The van der Waals surface area contributed by atoms with Gasteiger partial charge in [-0.05, 0) is 24.3 Å². The van der Waals surface area contributed by atoms with Crippen molar-refractivity contribution in [2.45, 2.75) is 0 Å². The molecule has 6 heteroatoms. The third kappa shape index (κ3) is 2.66. The minimum absolute atomic E-state index is 0.106. The fourth-order valence-corrected chi connectivity index (χ4v) is 1.26. The predicted molar refractivity (Wildman–Crippen MR) is 59.3 cm³/mol. The monoisotopic (exact) mass is 230 g/mol. The van der Waals surface area contributed by atoms with Crippen LogP contribution in [0.5, 0.6) is 0 Å². The van der Waals surface area contributed by atoms with Crippen molar-refractivity contribution < 1.29 is 4.39 Å². The van der Waals surface area contributed by atoms with Gasteiger partial charge in [0.1, 0.15) is 23.4 Å². The number of rotatable bonds is 2. The number of nitrogens with one attached hydrogen (secondary N) is 2. The van der Waals surface area contributed by atoms with Gasteiger partial charge in [-0.1, -0.05) is 0 Å². The van der Waals surface area contributed by atoms with Crippen LogP contribution in [0.3, 0.4) is 0 Å². The summed E-state index contributed by atoms with van der Waals surface area (Å²) < 4.78 is 12.7. The fourth-order valence-electron chi connectivity index (χ4n) is 1.26. The van der Waals surface area contributed by atoms with Gasteiger partial charge in [0.2, 0.25) is 0 Å². The van der Waals surface area contributed by atoms with E-state index in [1.54, 1.807) is 0 Å². The third-order valence-corrected chi connectivity index (χ3v) is 1.98. The first-order chi connectivity index (χ1) is 8.17. The summed E-state index contributed by atoms with van der Waals surface area (Å²) in [5.74, 6) is -0.121. The van der Waals surface area contributed by atoms with Crippen molar-refractivity contribution in [1.82, 2.24) is 9.97 Å². The highest BCUT2D eigenvalue weighted by Gasteiger charge is 2.01. The van der Waals surface area contributed by atoms with Gasteiger partial charge in [0.25, 0.3) is 0 Å². The van der Waals surface area contributed by atoms with Crippen LogP contribution in [-0.2, 0) is 0 Å². The molecule has 0 aliphatic heterocycles. The standard InChI is InChI=1S/C11H7FN4O/c12-7-1-3-8(4-2-7)14-10-5-9(6-13)15-11(17)16-10/h1-5H,(H2,14,15,16,17). The summed E-state index contributed by atoms with van der Waals surface area (Å²) in [7, 11) is 0. The van der Waals surface area contributed by atoms with E-state index in [1.165, 1.54) is 30.3 Å². The molecule has 2 N–H and O–H groups in total. The van der Waals surface area contributed by atoms with E-state index in [9.17, 15) is 9.18 Å². The Kier molecular flexibility index (Phi) is 2.83. The molecular formula is C11H7FN4O. The summed E-state index contributed by atoms with van der Waals surface area (Å²) in [4.78, 5) is 17.0. The summed E-state index contributed by atoms with van der Waals surface area (Å²) in [6.45, 7) is 0. The highest BCUT2D eigenvalue weighted by molar-refractivity contribution is 5.56. The molecule has 1 aromatic carbocycles. The molecular weight excluding hydrogens is 223 g/mol. The molecule has 1 heterocycles. The van der Waals surface area contributed by atoms with E-state index in [0.29, 0.717) is 5.69 Å². The summed E-state index contributed by atoms with van der Waals surface area (Å²) in [6.07, 6.45) is 0. The quantitative estimate of drug-likeness (QED) is 0.819. The molecule has 0 saturated heterocycles. The Morgan fingerprint density at radius 1 is 1.35 bits per heavy atom. The van der Waals surface area contributed by atoms with Gasteiger partial charge in [0, 0.05) is 11.8 Å². The SMILES string of the molecule is N#Cc1cc(Nc2ccc(F)cc2)nc(=O)[nH]1. The number of nitrogens with zero attached hydrogens (tertiary/aromatic N) is 2. The molecule has 5 nitrogen and oxygen atoms in total. The molecule has 0 saturated carbocycles. The second kappa shape index (κ2) is 4.45. The van der Waals surface area contributed by atoms with Crippen molar-refractivity contribution in [3.05, 3.63) is 52.3 Å². The van der Waals surface area contributed by atoms with Gasteiger partial charge in [-0.3, -0.25) is 4.98 Å². The number of H-pyrrole nitrogens is 1. The van der Waals surface area contributed by atoms with Crippen molar-refractivity contribution in [1.29, 1.82) is 5.26 Å². The Labute approximate surface area is 95.6 Å². The number of halogens is 1. The van der Waals surface area contributed by atoms with E-state index in [-0.39, 0.29) is 17.3 Å². The average Bonchev–Trinajstić information content (AvgIpc) is 2.31. The molecule has 0 amide bonds. The second-order valence-corrected chi connectivity index (χ2v) is 3.23. The van der Waals surface area contributed by atoms with Crippen LogP contribution in [0.1, 0.15) is 5.69 Å². The van der Waals surface area contributed by atoms with Crippen LogP contribution in [0, 0.1) is 17.1 Å². The summed E-state index contributed by atoms with van der Waals surface area (Å²) in [5.41, 5.74) is 0.0664. The highest BCUT2D eigenvalue weighted by atomic mass is 19.1. The lowest BCUT2D eigenvalue weighted by molar-refractivity contribution is 0.628. The second-order valence-electron chi connectivity index (χ2n) is 3.23. The summed E-state index contributed by atoms with van der Waals surface area (Å²) in [5, 5.41) is 11.5. The molecule has 2 aromatic rings. The molecule has 0 radical (unpaired) electrons. The maximum atomic E-state index is 12.7. The molecule has 17 heavy (non-hydrogen) atoms.